The van der Waals surface area contributed by atoms with Crippen molar-refractivity contribution >= 4 is 14.1 Å². The van der Waals surface area contributed by atoms with Crippen molar-refractivity contribution in [1.29, 1.82) is 0 Å². The van der Waals surface area contributed by atoms with Gasteiger partial charge in [0.1, 0.15) is 5.78 Å². The predicted molar refractivity (Wildman–Crippen MR) is 121 cm³/mol. The molecule has 1 aliphatic carbocycles. The van der Waals surface area contributed by atoms with Crippen molar-refractivity contribution in [2.24, 2.45) is 23.7 Å². The summed E-state index contributed by atoms with van der Waals surface area (Å²) in [4.78, 5) is 12.9. The van der Waals surface area contributed by atoms with Crippen LogP contribution in [0.1, 0.15) is 86.5 Å². The number of hydrogen-bond donors (Lipinski definition) is 0. The van der Waals surface area contributed by atoms with Crippen LogP contribution in [0, 0.1) is 23.7 Å². The SMILES string of the molecule is C=C(C)CC[C@H](C)[C@@H]1CC[C@@H](C)[C@H](CCCO[Si](C)(C)C(C)(C)C)CC1=O. The maximum absolute atomic E-state index is 12.9. The molecule has 0 aromatic carbocycles. The Bertz CT molecular complexity index is 489. The Kier molecular flexibility index (Phi) is 9.47. The van der Waals surface area contributed by atoms with E-state index >= 15 is 0 Å². The maximum Gasteiger partial charge on any atom is 0.191 e. The van der Waals surface area contributed by atoms with Crippen LogP contribution in [0.2, 0.25) is 18.1 Å². The highest BCUT2D eigenvalue weighted by Crippen LogP contribution is 2.38. The molecule has 1 rings (SSSR count). The topological polar surface area (TPSA) is 26.3 Å². The van der Waals surface area contributed by atoms with Gasteiger partial charge in [-0.1, -0.05) is 40.2 Å². The lowest BCUT2D eigenvalue weighted by Gasteiger charge is -2.36. The van der Waals surface area contributed by atoms with Gasteiger partial charge in [0.05, 0.1) is 0 Å². The monoisotopic (exact) mass is 394 g/mol. The van der Waals surface area contributed by atoms with E-state index in [1.165, 1.54) is 12.0 Å². The molecule has 3 heteroatoms. The van der Waals surface area contributed by atoms with Gasteiger partial charge in [0.15, 0.2) is 8.32 Å². The Morgan fingerprint density at radius 1 is 1.30 bits per heavy atom. The van der Waals surface area contributed by atoms with E-state index in [0.717, 1.165) is 45.1 Å². The first-order valence-corrected chi connectivity index (χ1v) is 14.1. The highest BCUT2D eigenvalue weighted by atomic mass is 28.4. The minimum Gasteiger partial charge on any atom is -0.417 e. The fourth-order valence-corrected chi connectivity index (χ4v) is 5.09. The van der Waals surface area contributed by atoms with E-state index in [4.69, 9.17) is 4.43 Å². The number of hydrogen-bond acceptors (Lipinski definition) is 2. The average Bonchev–Trinajstić information content (AvgIpc) is 2.67. The third-order valence-corrected chi connectivity index (χ3v) is 11.9. The van der Waals surface area contributed by atoms with E-state index in [9.17, 15) is 4.79 Å². The second-order valence-electron chi connectivity index (χ2n) is 10.8. The van der Waals surface area contributed by atoms with Crippen molar-refractivity contribution < 1.29 is 9.22 Å². The van der Waals surface area contributed by atoms with Crippen LogP contribution in [0.25, 0.3) is 0 Å². The summed E-state index contributed by atoms with van der Waals surface area (Å²) in [7, 11) is -1.65. The highest BCUT2D eigenvalue weighted by Gasteiger charge is 2.37. The molecule has 0 aromatic heterocycles. The molecular formula is C24H46O2Si. The third kappa shape index (κ3) is 7.85. The number of allylic oxidation sites excluding steroid dienone is 1. The van der Waals surface area contributed by atoms with E-state index in [2.05, 4.69) is 61.2 Å². The molecule has 0 aromatic rings. The lowest BCUT2D eigenvalue weighted by molar-refractivity contribution is -0.125. The quantitative estimate of drug-likeness (QED) is 0.176. The lowest BCUT2D eigenvalue weighted by atomic mass is 9.82. The summed E-state index contributed by atoms with van der Waals surface area (Å²) in [6.45, 7) is 23.1. The normalized spacial score (nSPS) is 25.9. The highest BCUT2D eigenvalue weighted by molar-refractivity contribution is 6.74. The number of ketones is 1. The second kappa shape index (κ2) is 10.4. The van der Waals surface area contributed by atoms with Crippen LogP contribution >= 0.6 is 0 Å². The van der Waals surface area contributed by atoms with Gasteiger partial charge in [-0.25, -0.2) is 0 Å². The average molecular weight is 395 g/mol. The van der Waals surface area contributed by atoms with Gasteiger partial charge in [-0.3, -0.25) is 4.79 Å². The van der Waals surface area contributed by atoms with Gasteiger partial charge in [-0.05, 0) is 81.3 Å². The van der Waals surface area contributed by atoms with E-state index in [1.54, 1.807) is 0 Å². The van der Waals surface area contributed by atoms with Crippen molar-refractivity contribution in [1.82, 2.24) is 0 Å². The Morgan fingerprint density at radius 3 is 2.48 bits per heavy atom. The Morgan fingerprint density at radius 2 is 1.93 bits per heavy atom. The van der Waals surface area contributed by atoms with Gasteiger partial charge in [0.25, 0.3) is 0 Å². The zero-order valence-corrected chi connectivity index (χ0v) is 20.5. The van der Waals surface area contributed by atoms with Crippen LogP contribution in [0.3, 0.4) is 0 Å². The van der Waals surface area contributed by atoms with E-state index in [1.807, 2.05) is 0 Å². The zero-order chi connectivity index (χ0) is 20.8. The molecule has 0 heterocycles. The van der Waals surface area contributed by atoms with Crippen molar-refractivity contribution in [2.75, 3.05) is 6.61 Å². The fraction of sp³-hybridized carbons (Fsp3) is 0.875. The van der Waals surface area contributed by atoms with Crippen LogP contribution in [-0.4, -0.2) is 20.7 Å². The zero-order valence-electron chi connectivity index (χ0n) is 19.5. The maximum atomic E-state index is 12.9. The summed E-state index contributed by atoms with van der Waals surface area (Å²) < 4.78 is 6.34. The molecule has 1 saturated carbocycles. The van der Waals surface area contributed by atoms with Crippen molar-refractivity contribution in [3.05, 3.63) is 12.2 Å². The van der Waals surface area contributed by atoms with Crippen LogP contribution < -0.4 is 0 Å². The standard InChI is InChI=1S/C24H46O2Si/c1-18(2)12-13-20(4)22-15-14-19(3)21(17-23(22)25)11-10-16-26-27(8,9)24(5,6)7/h19-22H,1,10-17H2,2-9H3/t19-,20+,21-,22+/m1/s1. The molecule has 1 fully saturated rings. The van der Waals surface area contributed by atoms with Gasteiger partial charge in [0, 0.05) is 18.9 Å². The summed E-state index contributed by atoms with van der Waals surface area (Å²) in [6.07, 6.45) is 7.43. The molecule has 0 spiro atoms. The van der Waals surface area contributed by atoms with E-state index in [0.29, 0.717) is 23.5 Å². The number of Topliss-reactive ketones (excluding diaryl/α,β-unsaturated/α-hetero) is 1. The predicted octanol–water partition coefficient (Wildman–Crippen LogP) is 7.40. The van der Waals surface area contributed by atoms with Crippen LogP contribution in [-0.2, 0) is 9.22 Å². The van der Waals surface area contributed by atoms with Gasteiger partial charge >= 0.3 is 0 Å². The molecule has 158 valence electrons. The largest absolute Gasteiger partial charge is 0.417 e. The van der Waals surface area contributed by atoms with Crippen molar-refractivity contribution in [3.63, 3.8) is 0 Å². The van der Waals surface area contributed by atoms with Crippen LogP contribution in [0.4, 0.5) is 0 Å². The van der Waals surface area contributed by atoms with Gasteiger partial charge in [-0.2, -0.15) is 0 Å². The summed E-state index contributed by atoms with van der Waals surface area (Å²) >= 11 is 0. The first-order valence-electron chi connectivity index (χ1n) is 11.2. The Balaban J connectivity index is 2.52. The fourth-order valence-electron chi connectivity index (χ4n) is 4.00. The lowest BCUT2D eigenvalue weighted by Crippen LogP contribution is -2.41. The molecule has 4 atom stereocenters. The smallest absolute Gasteiger partial charge is 0.191 e. The molecule has 0 saturated heterocycles. The molecule has 0 N–H and O–H groups in total. The molecule has 1 aliphatic rings. The first-order chi connectivity index (χ1) is 12.3. The molecular weight excluding hydrogens is 348 g/mol. The van der Waals surface area contributed by atoms with Crippen molar-refractivity contribution in [2.45, 2.75) is 105 Å². The number of rotatable bonds is 9. The summed E-state index contributed by atoms with van der Waals surface area (Å²) in [5.41, 5.74) is 1.23. The first kappa shape index (κ1) is 24.6. The minimum absolute atomic E-state index is 0.264. The molecule has 0 amide bonds. The van der Waals surface area contributed by atoms with Crippen LogP contribution in [0.15, 0.2) is 12.2 Å². The molecule has 0 aliphatic heterocycles. The Labute approximate surface area is 170 Å². The molecule has 0 radical (unpaired) electrons. The molecule has 0 unspecified atom stereocenters. The third-order valence-electron chi connectivity index (χ3n) is 7.32. The summed E-state index contributed by atoms with van der Waals surface area (Å²) in [5, 5.41) is 0.270. The van der Waals surface area contributed by atoms with Gasteiger partial charge < -0.3 is 4.43 Å². The molecule has 0 bridgehead atoms. The summed E-state index contributed by atoms with van der Waals surface area (Å²) in [5.74, 6) is 2.46. The van der Waals surface area contributed by atoms with Crippen LogP contribution in [0.5, 0.6) is 0 Å². The molecule has 27 heavy (non-hydrogen) atoms. The molecule has 2 nitrogen and oxygen atoms in total. The Hall–Kier alpha value is -0.413. The van der Waals surface area contributed by atoms with E-state index < -0.39 is 8.32 Å². The number of carbonyl (C=O) groups is 1. The van der Waals surface area contributed by atoms with Crippen molar-refractivity contribution in [3.8, 4) is 0 Å². The van der Waals surface area contributed by atoms with E-state index in [-0.39, 0.29) is 11.0 Å². The number of carbonyl (C=O) groups excluding carboxylic acids is 1. The van der Waals surface area contributed by atoms with Gasteiger partial charge in [0.2, 0.25) is 0 Å². The summed E-state index contributed by atoms with van der Waals surface area (Å²) in [6, 6.07) is 0. The van der Waals surface area contributed by atoms with Gasteiger partial charge in [-0.15, -0.1) is 6.58 Å². The second-order valence-corrected chi connectivity index (χ2v) is 15.6. The minimum atomic E-state index is -1.65.